The fraction of sp³-hybridized carbons (Fsp3) is 0.647. The minimum absolute atomic E-state index is 0. The van der Waals surface area contributed by atoms with Gasteiger partial charge in [-0.1, -0.05) is 52.0 Å². The van der Waals surface area contributed by atoms with Gasteiger partial charge < -0.3 is 5.73 Å². The quantitative estimate of drug-likeness (QED) is 0.904. The molecule has 1 saturated heterocycles. The molecule has 1 aliphatic rings. The van der Waals surface area contributed by atoms with E-state index in [1.54, 1.807) is 0 Å². The van der Waals surface area contributed by atoms with Crippen LogP contribution in [0.5, 0.6) is 0 Å². The van der Waals surface area contributed by atoms with E-state index in [4.69, 9.17) is 5.73 Å². The van der Waals surface area contributed by atoms with Crippen molar-refractivity contribution in [2.75, 3.05) is 13.1 Å². The first-order chi connectivity index (χ1) is 8.86. The molecule has 2 N–H and O–H groups in total. The average molecular weight is 297 g/mol. The van der Waals surface area contributed by atoms with E-state index in [1.165, 1.54) is 11.1 Å². The van der Waals surface area contributed by atoms with Crippen LogP contribution in [0, 0.1) is 5.92 Å². The Morgan fingerprint density at radius 3 is 2.30 bits per heavy atom. The summed E-state index contributed by atoms with van der Waals surface area (Å²) in [6, 6.07) is 9.49. The van der Waals surface area contributed by atoms with Crippen LogP contribution in [0.4, 0.5) is 0 Å². The predicted molar refractivity (Wildman–Crippen MR) is 89.4 cm³/mol. The van der Waals surface area contributed by atoms with Crippen molar-refractivity contribution >= 4 is 12.4 Å². The van der Waals surface area contributed by atoms with Gasteiger partial charge in [0.25, 0.3) is 0 Å². The van der Waals surface area contributed by atoms with Crippen LogP contribution in [0.1, 0.15) is 45.2 Å². The molecule has 0 radical (unpaired) electrons. The Bertz CT molecular complexity index is 408. The molecular weight excluding hydrogens is 268 g/mol. The van der Waals surface area contributed by atoms with Crippen LogP contribution in [0.15, 0.2) is 24.3 Å². The third kappa shape index (κ3) is 4.47. The Balaban J connectivity index is 0.00000200. The third-order valence-corrected chi connectivity index (χ3v) is 4.28. The number of likely N-dealkylation sites (tertiary alicyclic amines) is 1. The van der Waals surface area contributed by atoms with E-state index in [1.807, 2.05) is 0 Å². The van der Waals surface area contributed by atoms with E-state index in [0.29, 0.717) is 12.0 Å². The van der Waals surface area contributed by atoms with Gasteiger partial charge in [0.2, 0.25) is 0 Å². The molecule has 1 heterocycles. The monoisotopic (exact) mass is 296 g/mol. The van der Waals surface area contributed by atoms with Gasteiger partial charge in [-0.3, -0.25) is 4.90 Å². The summed E-state index contributed by atoms with van der Waals surface area (Å²) < 4.78 is 0. The zero-order valence-corrected chi connectivity index (χ0v) is 14.0. The number of hydrogen-bond donors (Lipinski definition) is 1. The van der Waals surface area contributed by atoms with Crippen LogP contribution >= 0.6 is 12.4 Å². The summed E-state index contributed by atoms with van der Waals surface area (Å²) in [5, 5.41) is 0. The number of nitrogens with zero attached hydrogens (tertiary/aromatic N) is 1. The summed E-state index contributed by atoms with van der Waals surface area (Å²) >= 11 is 0. The number of benzene rings is 1. The van der Waals surface area contributed by atoms with Crippen LogP contribution in [-0.4, -0.2) is 24.0 Å². The number of hydrogen-bond acceptors (Lipinski definition) is 2. The molecule has 0 spiro atoms. The maximum Gasteiger partial charge on any atom is 0.0233 e. The summed E-state index contributed by atoms with van der Waals surface area (Å²) in [4.78, 5) is 2.53. The summed E-state index contributed by atoms with van der Waals surface area (Å²) in [5.74, 6) is 0.614. The van der Waals surface area contributed by atoms with Crippen LogP contribution in [-0.2, 0) is 12.0 Å². The normalized spacial score (nSPS) is 24.2. The van der Waals surface area contributed by atoms with Crippen molar-refractivity contribution in [3.8, 4) is 0 Å². The first kappa shape index (κ1) is 17.5. The van der Waals surface area contributed by atoms with Gasteiger partial charge in [0, 0.05) is 19.1 Å². The zero-order chi connectivity index (χ0) is 14.0. The lowest BCUT2D eigenvalue weighted by Gasteiger charge is -2.35. The average Bonchev–Trinajstić information content (AvgIpc) is 2.33. The van der Waals surface area contributed by atoms with Gasteiger partial charge in [0.1, 0.15) is 0 Å². The summed E-state index contributed by atoms with van der Waals surface area (Å²) in [6.45, 7) is 12.4. The molecule has 114 valence electrons. The van der Waals surface area contributed by atoms with E-state index >= 15 is 0 Å². The van der Waals surface area contributed by atoms with E-state index in [-0.39, 0.29) is 17.8 Å². The standard InChI is InChI=1S/C17H28N2.ClH/c1-13-11-19(10-9-16(13)18)12-14-5-7-15(8-6-14)17(2,3)4;/h5-8,13,16H,9-12,18H2,1-4H3;1H. The Morgan fingerprint density at radius 2 is 1.80 bits per heavy atom. The smallest absolute Gasteiger partial charge is 0.0233 e. The fourth-order valence-electron chi connectivity index (χ4n) is 2.76. The van der Waals surface area contributed by atoms with Crippen molar-refractivity contribution in [3.05, 3.63) is 35.4 Å². The number of piperidine rings is 1. The molecule has 1 aliphatic heterocycles. The predicted octanol–water partition coefficient (Wildman–Crippen LogP) is 3.58. The van der Waals surface area contributed by atoms with Gasteiger partial charge in [-0.15, -0.1) is 12.4 Å². The third-order valence-electron chi connectivity index (χ3n) is 4.28. The SMILES string of the molecule is CC1CN(Cc2ccc(C(C)(C)C)cc2)CCC1N.Cl. The van der Waals surface area contributed by atoms with E-state index in [2.05, 4.69) is 56.9 Å². The Morgan fingerprint density at radius 1 is 1.20 bits per heavy atom. The molecule has 2 rings (SSSR count). The fourth-order valence-corrected chi connectivity index (χ4v) is 2.76. The minimum atomic E-state index is 0. The van der Waals surface area contributed by atoms with Gasteiger partial charge in [-0.2, -0.15) is 0 Å². The van der Waals surface area contributed by atoms with Crippen molar-refractivity contribution in [1.82, 2.24) is 4.90 Å². The lowest BCUT2D eigenvalue weighted by atomic mass is 9.86. The summed E-state index contributed by atoms with van der Waals surface area (Å²) in [5.41, 5.74) is 9.14. The highest BCUT2D eigenvalue weighted by molar-refractivity contribution is 5.85. The molecule has 3 heteroatoms. The largest absolute Gasteiger partial charge is 0.327 e. The van der Waals surface area contributed by atoms with Crippen molar-refractivity contribution in [3.63, 3.8) is 0 Å². The highest BCUT2D eigenvalue weighted by Gasteiger charge is 2.23. The highest BCUT2D eigenvalue weighted by atomic mass is 35.5. The van der Waals surface area contributed by atoms with Crippen LogP contribution < -0.4 is 5.73 Å². The number of rotatable bonds is 2. The minimum Gasteiger partial charge on any atom is -0.327 e. The number of nitrogens with two attached hydrogens (primary N) is 1. The highest BCUT2D eigenvalue weighted by Crippen LogP contribution is 2.23. The first-order valence-corrected chi connectivity index (χ1v) is 7.43. The first-order valence-electron chi connectivity index (χ1n) is 7.43. The van der Waals surface area contributed by atoms with Gasteiger partial charge in [0.15, 0.2) is 0 Å². The van der Waals surface area contributed by atoms with Gasteiger partial charge in [-0.05, 0) is 35.4 Å². The maximum atomic E-state index is 6.07. The van der Waals surface area contributed by atoms with Crippen LogP contribution in [0.3, 0.4) is 0 Å². The van der Waals surface area contributed by atoms with E-state index in [0.717, 1.165) is 26.1 Å². The van der Waals surface area contributed by atoms with E-state index < -0.39 is 0 Å². The molecule has 0 bridgehead atoms. The molecule has 2 unspecified atom stereocenters. The lowest BCUT2D eigenvalue weighted by Crippen LogP contribution is -2.45. The molecule has 2 nitrogen and oxygen atoms in total. The van der Waals surface area contributed by atoms with Gasteiger partial charge in [0.05, 0.1) is 0 Å². The molecule has 1 fully saturated rings. The molecule has 0 aliphatic carbocycles. The van der Waals surface area contributed by atoms with Gasteiger partial charge in [-0.25, -0.2) is 0 Å². The van der Waals surface area contributed by atoms with Crippen molar-refractivity contribution in [2.45, 2.75) is 52.1 Å². The second-order valence-corrected chi connectivity index (χ2v) is 7.11. The maximum absolute atomic E-state index is 6.07. The molecule has 0 aromatic heterocycles. The molecule has 0 saturated carbocycles. The molecule has 1 aromatic carbocycles. The topological polar surface area (TPSA) is 29.3 Å². The van der Waals surface area contributed by atoms with Crippen LogP contribution in [0.2, 0.25) is 0 Å². The summed E-state index contributed by atoms with van der Waals surface area (Å²) in [7, 11) is 0. The molecule has 1 aromatic rings. The van der Waals surface area contributed by atoms with Crippen LogP contribution in [0.25, 0.3) is 0 Å². The molecular formula is C17H29ClN2. The lowest BCUT2D eigenvalue weighted by molar-refractivity contribution is 0.158. The van der Waals surface area contributed by atoms with Crippen molar-refractivity contribution < 1.29 is 0 Å². The summed E-state index contributed by atoms with van der Waals surface area (Å²) in [6.07, 6.45) is 1.13. The number of halogens is 1. The molecule has 0 amide bonds. The van der Waals surface area contributed by atoms with Crippen molar-refractivity contribution in [1.29, 1.82) is 0 Å². The van der Waals surface area contributed by atoms with Gasteiger partial charge >= 0.3 is 0 Å². The zero-order valence-electron chi connectivity index (χ0n) is 13.2. The molecule has 2 atom stereocenters. The second kappa shape index (κ2) is 6.93. The Kier molecular flexibility index (Phi) is 6.06. The Labute approximate surface area is 130 Å². The Hall–Kier alpha value is -0.570. The van der Waals surface area contributed by atoms with Crippen molar-refractivity contribution in [2.24, 2.45) is 11.7 Å². The molecule has 20 heavy (non-hydrogen) atoms. The second-order valence-electron chi connectivity index (χ2n) is 7.11. The van der Waals surface area contributed by atoms with E-state index in [9.17, 15) is 0 Å².